The summed E-state index contributed by atoms with van der Waals surface area (Å²) < 4.78 is 5.06. The molecule has 0 bridgehead atoms. The lowest BCUT2D eigenvalue weighted by Gasteiger charge is -2.19. The first-order chi connectivity index (χ1) is 12.8. The molecule has 7 nitrogen and oxygen atoms in total. The number of nitrogens with one attached hydrogen (secondary N) is 2. The number of anilines is 1. The predicted octanol–water partition coefficient (Wildman–Crippen LogP) is 2.79. The molecule has 0 saturated heterocycles. The van der Waals surface area contributed by atoms with Crippen molar-refractivity contribution in [1.29, 1.82) is 0 Å². The van der Waals surface area contributed by atoms with Crippen molar-refractivity contribution in [2.75, 3.05) is 12.4 Å². The van der Waals surface area contributed by atoms with Crippen LogP contribution in [-0.2, 0) is 4.79 Å². The molecule has 0 radical (unpaired) electrons. The SMILES string of the molecule is COc1ccc(C(=O)Nc2ccccc2C(=O)NC(C(=O)O)C(C)C)cc1. The van der Waals surface area contributed by atoms with Crippen LogP contribution in [0.4, 0.5) is 5.69 Å². The molecule has 0 spiro atoms. The largest absolute Gasteiger partial charge is 0.497 e. The summed E-state index contributed by atoms with van der Waals surface area (Å²) in [5.74, 6) is -1.73. The van der Waals surface area contributed by atoms with Gasteiger partial charge in [0.2, 0.25) is 0 Å². The normalized spacial score (nSPS) is 11.6. The Morgan fingerprint density at radius 3 is 2.15 bits per heavy atom. The molecule has 2 rings (SSSR count). The lowest BCUT2D eigenvalue weighted by Crippen LogP contribution is -2.44. The van der Waals surface area contributed by atoms with Crippen LogP contribution in [0.5, 0.6) is 5.75 Å². The van der Waals surface area contributed by atoms with Gasteiger partial charge < -0.3 is 20.5 Å². The summed E-state index contributed by atoms with van der Waals surface area (Å²) in [6, 6.07) is 11.9. The van der Waals surface area contributed by atoms with E-state index >= 15 is 0 Å². The quantitative estimate of drug-likeness (QED) is 0.695. The van der Waals surface area contributed by atoms with Crippen LogP contribution < -0.4 is 15.4 Å². The van der Waals surface area contributed by atoms with Gasteiger partial charge in [-0.05, 0) is 42.3 Å². The van der Waals surface area contributed by atoms with Gasteiger partial charge in [-0.2, -0.15) is 0 Å². The Morgan fingerprint density at radius 1 is 0.963 bits per heavy atom. The van der Waals surface area contributed by atoms with Crippen LogP contribution in [0.1, 0.15) is 34.6 Å². The Bertz CT molecular complexity index is 831. The average Bonchev–Trinajstić information content (AvgIpc) is 2.65. The van der Waals surface area contributed by atoms with Crippen LogP contribution in [0.15, 0.2) is 48.5 Å². The van der Waals surface area contributed by atoms with Gasteiger partial charge in [0.15, 0.2) is 0 Å². The fraction of sp³-hybridized carbons (Fsp3) is 0.250. The maximum Gasteiger partial charge on any atom is 0.326 e. The van der Waals surface area contributed by atoms with Gasteiger partial charge in [0.1, 0.15) is 11.8 Å². The van der Waals surface area contributed by atoms with E-state index in [0.717, 1.165) is 0 Å². The van der Waals surface area contributed by atoms with E-state index in [0.29, 0.717) is 17.0 Å². The van der Waals surface area contributed by atoms with E-state index in [-0.39, 0.29) is 11.5 Å². The van der Waals surface area contributed by atoms with Gasteiger partial charge in [-0.25, -0.2) is 4.79 Å². The lowest BCUT2D eigenvalue weighted by atomic mass is 10.0. The van der Waals surface area contributed by atoms with Crippen LogP contribution in [-0.4, -0.2) is 36.0 Å². The fourth-order valence-electron chi connectivity index (χ4n) is 2.46. The smallest absolute Gasteiger partial charge is 0.326 e. The fourth-order valence-corrected chi connectivity index (χ4v) is 2.46. The highest BCUT2D eigenvalue weighted by Gasteiger charge is 2.25. The van der Waals surface area contributed by atoms with Gasteiger partial charge in [0.25, 0.3) is 11.8 Å². The molecule has 0 saturated carbocycles. The minimum Gasteiger partial charge on any atom is -0.497 e. The number of hydrogen-bond donors (Lipinski definition) is 3. The van der Waals surface area contributed by atoms with Crippen LogP contribution in [0.3, 0.4) is 0 Å². The summed E-state index contributed by atoms with van der Waals surface area (Å²) in [6.45, 7) is 3.41. The highest BCUT2D eigenvalue weighted by atomic mass is 16.5. The van der Waals surface area contributed by atoms with Crippen molar-refractivity contribution in [3.8, 4) is 5.75 Å². The van der Waals surface area contributed by atoms with E-state index < -0.39 is 23.8 Å². The third-order valence-electron chi connectivity index (χ3n) is 3.99. The Kier molecular flexibility index (Phi) is 6.54. The first kappa shape index (κ1) is 20.0. The Labute approximate surface area is 157 Å². The Hall–Kier alpha value is -3.35. The number of methoxy groups -OCH3 is 1. The maximum absolute atomic E-state index is 12.5. The molecule has 3 N–H and O–H groups in total. The second-order valence-electron chi connectivity index (χ2n) is 6.26. The van der Waals surface area contributed by atoms with Crippen LogP contribution in [0, 0.1) is 5.92 Å². The first-order valence-corrected chi connectivity index (χ1v) is 8.41. The summed E-state index contributed by atoms with van der Waals surface area (Å²) in [5.41, 5.74) is 0.881. The van der Waals surface area contributed by atoms with Crippen molar-refractivity contribution in [2.24, 2.45) is 5.92 Å². The number of aliphatic carboxylic acids is 1. The number of hydrogen-bond acceptors (Lipinski definition) is 4. The Morgan fingerprint density at radius 2 is 1.59 bits per heavy atom. The molecule has 27 heavy (non-hydrogen) atoms. The molecule has 0 aliphatic heterocycles. The third kappa shape index (κ3) is 5.07. The number of carboxylic acids is 1. The van der Waals surface area contributed by atoms with Crippen molar-refractivity contribution in [3.63, 3.8) is 0 Å². The molecule has 2 aromatic rings. The molecule has 0 aliphatic rings. The van der Waals surface area contributed by atoms with Crippen molar-refractivity contribution in [2.45, 2.75) is 19.9 Å². The average molecular weight is 370 g/mol. The number of carboxylic acid groups (broad SMARTS) is 1. The van der Waals surface area contributed by atoms with Crippen LogP contribution in [0.2, 0.25) is 0 Å². The summed E-state index contributed by atoms with van der Waals surface area (Å²) in [5, 5.41) is 14.4. The third-order valence-corrected chi connectivity index (χ3v) is 3.99. The van der Waals surface area contributed by atoms with E-state index in [9.17, 15) is 19.5 Å². The lowest BCUT2D eigenvalue weighted by molar-refractivity contribution is -0.140. The topological polar surface area (TPSA) is 105 Å². The highest BCUT2D eigenvalue weighted by molar-refractivity contribution is 6.09. The molecule has 2 aromatic carbocycles. The molecule has 7 heteroatoms. The predicted molar refractivity (Wildman–Crippen MR) is 101 cm³/mol. The van der Waals surface area contributed by atoms with Gasteiger partial charge in [-0.3, -0.25) is 9.59 Å². The molecule has 0 fully saturated rings. The zero-order valence-corrected chi connectivity index (χ0v) is 15.4. The van der Waals surface area contributed by atoms with E-state index in [2.05, 4.69) is 10.6 Å². The second kappa shape index (κ2) is 8.84. The summed E-state index contributed by atoms with van der Waals surface area (Å²) in [6.07, 6.45) is 0. The monoisotopic (exact) mass is 370 g/mol. The molecular formula is C20H22N2O5. The van der Waals surface area contributed by atoms with Crippen LogP contribution >= 0.6 is 0 Å². The highest BCUT2D eigenvalue weighted by Crippen LogP contribution is 2.18. The Balaban J connectivity index is 2.20. The van der Waals surface area contributed by atoms with Gasteiger partial charge >= 0.3 is 5.97 Å². The van der Waals surface area contributed by atoms with Crippen LogP contribution in [0.25, 0.3) is 0 Å². The molecule has 142 valence electrons. The van der Waals surface area contributed by atoms with Crippen molar-refractivity contribution in [1.82, 2.24) is 5.32 Å². The second-order valence-corrected chi connectivity index (χ2v) is 6.26. The van der Waals surface area contributed by atoms with E-state index in [1.807, 2.05) is 0 Å². The van der Waals surface area contributed by atoms with E-state index in [4.69, 9.17) is 4.74 Å². The van der Waals surface area contributed by atoms with E-state index in [1.165, 1.54) is 13.2 Å². The number of amides is 2. The summed E-state index contributed by atoms with van der Waals surface area (Å²) in [4.78, 5) is 36.3. The first-order valence-electron chi connectivity index (χ1n) is 8.41. The standard InChI is InChI=1S/C20H22N2O5/c1-12(2)17(20(25)26)22-19(24)15-6-4-5-7-16(15)21-18(23)13-8-10-14(27-3)11-9-13/h4-12,17H,1-3H3,(H,21,23)(H,22,24)(H,25,26). The number of para-hydroxylation sites is 1. The number of rotatable bonds is 7. The minimum atomic E-state index is -1.11. The van der Waals surface area contributed by atoms with Crippen molar-refractivity contribution < 1.29 is 24.2 Å². The molecule has 1 atom stereocenters. The van der Waals surface area contributed by atoms with Gasteiger partial charge in [-0.15, -0.1) is 0 Å². The zero-order chi connectivity index (χ0) is 20.0. The number of carbonyl (C=O) groups is 3. The molecule has 2 amide bonds. The summed E-state index contributed by atoms with van der Waals surface area (Å²) >= 11 is 0. The van der Waals surface area contributed by atoms with Crippen molar-refractivity contribution in [3.05, 3.63) is 59.7 Å². The maximum atomic E-state index is 12.5. The van der Waals surface area contributed by atoms with E-state index in [1.54, 1.807) is 56.3 Å². The zero-order valence-electron chi connectivity index (χ0n) is 15.4. The molecular weight excluding hydrogens is 348 g/mol. The number of carbonyl (C=O) groups excluding carboxylic acids is 2. The van der Waals surface area contributed by atoms with Gasteiger partial charge in [-0.1, -0.05) is 26.0 Å². The number of benzene rings is 2. The molecule has 0 heterocycles. The molecule has 1 unspecified atom stereocenters. The minimum absolute atomic E-state index is 0.186. The van der Waals surface area contributed by atoms with Gasteiger partial charge in [0.05, 0.1) is 18.4 Å². The molecule has 0 aromatic heterocycles. The van der Waals surface area contributed by atoms with Crippen molar-refractivity contribution >= 4 is 23.5 Å². The number of ether oxygens (including phenoxy) is 1. The molecule has 0 aliphatic carbocycles. The summed E-state index contributed by atoms with van der Waals surface area (Å²) in [7, 11) is 1.53. The van der Waals surface area contributed by atoms with Gasteiger partial charge in [0, 0.05) is 5.56 Å².